The minimum absolute atomic E-state index is 0.0281. The van der Waals surface area contributed by atoms with Crippen LogP contribution in [0, 0.1) is 16.0 Å². The van der Waals surface area contributed by atoms with E-state index in [-0.39, 0.29) is 35.0 Å². The molecule has 0 amide bonds. The number of nitro groups is 1. The molecule has 2 atom stereocenters. The molecule has 12 heteroatoms. The molecule has 1 aliphatic carbocycles. The van der Waals surface area contributed by atoms with Crippen LogP contribution < -0.4 is 0 Å². The van der Waals surface area contributed by atoms with Gasteiger partial charge in [-0.25, -0.2) is 0 Å². The molecule has 2 aliphatic rings. The molecule has 0 N–H and O–H groups in total. The Morgan fingerprint density at radius 1 is 1.25 bits per heavy atom. The lowest BCUT2D eigenvalue weighted by Gasteiger charge is -2.31. The van der Waals surface area contributed by atoms with Gasteiger partial charge in [-0.2, -0.15) is 20.2 Å². The third-order valence-electron chi connectivity index (χ3n) is 5.10. The number of allylic oxidation sites excluding steroid dienone is 2. The van der Waals surface area contributed by atoms with Crippen LogP contribution in [-0.4, -0.2) is 55.6 Å². The average Bonchev–Trinajstić information content (AvgIpc) is 2.93. The zero-order chi connectivity index (χ0) is 23.4. The van der Waals surface area contributed by atoms with E-state index in [4.69, 9.17) is 36.9 Å². The van der Waals surface area contributed by atoms with Gasteiger partial charge in [0.1, 0.15) is 5.76 Å². The van der Waals surface area contributed by atoms with Gasteiger partial charge >= 0.3 is 0 Å². The highest BCUT2D eigenvalue weighted by Crippen LogP contribution is 2.45. The van der Waals surface area contributed by atoms with Crippen LogP contribution in [0.1, 0.15) is 12.8 Å². The Hall–Kier alpha value is -1.30. The number of nitro benzene ring substituents is 1. The van der Waals surface area contributed by atoms with Crippen LogP contribution in [0.3, 0.4) is 0 Å². The highest BCUT2D eigenvalue weighted by Gasteiger charge is 2.38. The lowest BCUT2D eigenvalue weighted by atomic mass is 9.86. The zero-order valence-electron chi connectivity index (χ0n) is 17.2. The van der Waals surface area contributed by atoms with E-state index < -0.39 is 19.4 Å². The van der Waals surface area contributed by atoms with Crippen molar-refractivity contribution in [2.45, 2.75) is 27.3 Å². The zero-order valence-corrected chi connectivity index (χ0v) is 20.4. The lowest BCUT2D eigenvalue weighted by Crippen LogP contribution is -2.28. The summed E-state index contributed by atoms with van der Waals surface area (Å²) in [5.41, 5.74) is 0.881. The highest BCUT2D eigenvalue weighted by molar-refractivity contribution is 8.00. The standard InChI is InChI=1S/C20H23Cl2NO7S2/c1-28-19-11-14-3-2-10-31-18(17(14)12-20(19,21)22)13-29-8-9-30-32(26,27)16-6-4-15(5-7-16)23(24)25/h4-7,11-12,14,18H,2-3,8-10,13H2,1H3. The predicted octanol–water partition coefficient (Wildman–Crippen LogP) is 4.47. The van der Waals surface area contributed by atoms with Crippen LogP contribution in [-0.2, 0) is 23.8 Å². The van der Waals surface area contributed by atoms with Crippen LogP contribution >= 0.6 is 35.0 Å². The normalized spacial score (nSPS) is 22.8. The summed E-state index contributed by atoms with van der Waals surface area (Å²) in [6, 6.07) is 4.50. The molecule has 0 radical (unpaired) electrons. The second-order valence-corrected chi connectivity index (χ2v) is 11.5. The van der Waals surface area contributed by atoms with Crippen LogP contribution in [0.25, 0.3) is 0 Å². The SMILES string of the molecule is COC1=CC2CCCSC(COCCOS(=O)(=O)c3ccc([N+](=O)[O-])cc3)C2=CC1(Cl)Cl. The lowest BCUT2D eigenvalue weighted by molar-refractivity contribution is -0.384. The van der Waals surface area contributed by atoms with Crippen molar-refractivity contribution in [1.29, 1.82) is 0 Å². The molecule has 8 nitrogen and oxygen atoms in total. The molecule has 32 heavy (non-hydrogen) atoms. The van der Waals surface area contributed by atoms with Crippen LogP contribution in [0.2, 0.25) is 0 Å². The van der Waals surface area contributed by atoms with Gasteiger partial charge in [-0.3, -0.25) is 14.3 Å². The van der Waals surface area contributed by atoms with E-state index >= 15 is 0 Å². The van der Waals surface area contributed by atoms with Crippen molar-refractivity contribution in [3.05, 3.63) is 57.9 Å². The molecule has 0 spiro atoms. The van der Waals surface area contributed by atoms with Gasteiger partial charge in [-0.05, 0) is 48.5 Å². The summed E-state index contributed by atoms with van der Waals surface area (Å²) in [6.07, 6.45) is 5.78. The number of halogens is 2. The van der Waals surface area contributed by atoms with Gasteiger partial charge in [-0.15, -0.1) is 0 Å². The average molecular weight is 524 g/mol. The van der Waals surface area contributed by atoms with Crippen molar-refractivity contribution in [2.75, 3.05) is 32.7 Å². The summed E-state index contributed by atoms with van der Waals surface area (Å²) in [6.45, 7) is 0.239. The van der Waals surface area contributed by atoms with Gasteiger partial charge in [0.15, 0.2) is 4.33 Å². The summed E-state index contributed by atoms with van der Waals surface area (Å²) in [4.78, 5) is 9.93. The van der Waals surface area contributed by atoms with Crippen molar-refractivity contribution in [1.82, 2.24) is 0 Å². The molecule has 176 valence electrons. The summed E-state index contributed by atoms with van der Waals surface area (Å²) in [5.74, 6) is 1.64. The van der Waals surface area contributed by atoms with Crippen molar-refractivity contribution in [2.24, 2.45) is 5.92 Å². The number of methoxy groups -OCH3 is 1. The van der Waals surface area contributed by atoms with Crippen molar-refractivity contribution in [3.8, 4) is 0 Å². The maximum atomic E-state index is 12.2. The van der Waals surface area contributed by atoms with Crippen molar-refractivity contribution in [3.63, 3.8) is 0 Å². The van der Waals surface area contributed by atoms with Crippen LogP contribution in [0.4, 0.5) is 5.69 Å². The number of fused-ring (bicyclic) bond motifs is 1. The molecule has 2 unspecified atom stereocenters. The molecule has 0 bridgehead atoms. The van der Waals surface area contributed by atoms with Gasteiger partial charge in [0.25, 0.3) is 15.8 Å². The Balaban J connectivity index is 1.53. The minimum Gasteiger partial charge on any atom is -0.498 e. The van der Waals surface area contributed by atoms with E-state index in [1.807, 2.05) is 12.2 Å². The van der Waals surface area contributed by atoms with Gasteiger partial charge in [-0.1, -0.05) is 23.2 Å². The van der Waals surface area contributed by atoms with E-state index in [9.17, 15) is 18.5 Å². The molecule has 0 saturated carbocycles. The van der Waals surface area contributed by atoms with Crippen LogP contribution in [0.15, 0.2) is 52.6 Å². The molecule has 1 aromatic carbocycles. The van der Waals surface area contributed by atoms with Gasteiger partial charge in [0.05, 0.1) is 36.7 Å². The minimum atomic E-state index is -4.03. The van der Waals surface area contributed by atoms with Crippen LogP contribution in [0.5, 0.6) is 0 Å². The fourth-order valence-corrected chi connectivity index (χ4v) is 6.20. The van der Waals surface area contributed by atoms with Crippen molar-refractivity contribution < 1.29 is 27.0 Å². The van der Waals surface area contributed by atoms with Gasteiger partial charge in [0.2, 0.25) is 0 Å². The summed E-state index contributed by atoms with van der Waals surface area (Å²) >= 11 is 14.6. The number of ether oxygens (including phenoxy) is 2. The van der Waals surface area contributed by atoms with E-state index in [1.165, 1.54) is 0 Å². The monoisotopic (exact) mass is 523 g/mol. The Kier molecular flexibility index (Phi) is 8.51. The van der Waals surface area contributed by atoms with E-state index in [0.717, 1.165) is 48.4 Å². The van der Waals surface area contributed by atoms with Gasteiger partial charge in [0, 0.05) is 23.3 Å². The first kappa shape index (κ1) is 25.3. The first-order valence-electron chi connectivity index (χ1n) is 9.84. The third-order valence-corrected chi connectivity index (χ3v) is 8.35. The molecule has 1 heterocycles. The fourth-order valence-electron chi connectivity index (χ4n) is 3.53. The number of non-ortho nitro benzene ring substituents is 1. The first-order chi connectivity index (χ1) is 15.1. The maximum absolute atomic E-state index is 12.2. The van der Waals surface area contributed by atoms with E-state index in [2.05, 4.69) is 0 Å². The van der Waals surface area contributed by atoms with Gasteiger partial charge < -0.3 is 9.47 Å². The summed E-state index contributed by atoms with van der Waals surface area (Å²) in [7, 11) is -2.49. The Morgan fingerprint density at radius 2 is 1.97 bits per heavy atom. The number of nitrogens with zero attached hydrogens (tertiary/aromatic N) is 1. The predicted molar refractivity (Wildman–Crippen MR) is 124 cm³/mol. The second-order valence-electron chi connectivity index (χ2n) is 7.21. The Bertz CT molecular complexity index is 994. The number of hydrogen-bond acceptors (Lipinski definition) is 8. The molecule has 1 aromatic rings. The molecule has 3 rings (SSSR count). The molecular formula is C20H23Cl2NO7S2. The summed E-state index contributed by atoms with van der Waals surface area (Å²) in [5, 5.41) is 10.7. The number of rotatable bonds is 9. The fraction of sp³-hybridized carbons (Fsp3) is 0.500. The molecular weight excluding hydrogens is 501 g/mol. The number of hydrogen-bond donors (Lipinski definition) is 0. The second kappa shape index (κ2) is 10.8. The molecule has 0 aromatic heterocycles. The highest BCUT2D eigenvalue weighted by atomic mass is 35.5. The number of thioether (sulfide) groups is 1. The van der Waals surface area contributed by atoms with Crippen molar-refractivity contribution >= 4 is 50.8 Å². The maximum Gasteiger partial charge on any atom is 0.297 e. The topological polar surface area (TPSA) is 105 Å². The number of benzene rings is 1. The quantitative estimate of drug-likeness (QED) is 0.116. The smallest absolute Gasteiger partial charge is 0.297 e. The molecule has 1 aliphatic heterocycles. The Morgan fingerprint density at radius 3 is 2.62 bits per heavy atom. The number of alkyl halides is 2. The molecule has 1 fully saturated rings. The Labute approximate surface area is 201 Å². The largest absolute Gasteiger partial charge is 0.498 e. The first-order valence-corrected chi connectivity index (χ1v) is 13.1. The molecule has 1 saturated heterocycles. The third kappa shape index (κ3) is 6.18. The summed E-state index contributed by atoms with van der Waals surface area (Å²) < 4.78 is 39.3. The van der Waals surface area contributed by atoms with E-state index in [1.54, 1.807) is 18.9 Å². The van der Waals surface area contributed by atoms with E-state index in [0.29, 0.717) is 12.4 Å².